The molecule has 4 nitrogen and oxygen atoms in total. The highest BCUT2D eigenvalue weighted by Gasteiger charge is 1.91. The summed E-state index contributed by atoms with van der Waals surface area (Å²) in [6.07, 6.45) is 20.9. The van der Waals surface area contributed by atoms with Gasteiger partial charge in [-0.2, -0.15) is 5.26 Å². The Morgan fingerprint density at radius 2 is 0.902 bits per heavy atom. The van der Waals surface area contributed by atoms with E-state index in [4.69, 9.17) is 5.26 Å². The SMILES string of the molecule is Brc1cccc(Br)c1.C(=C\c1cccc(/C=C/c2ccncc2)c1)/c1ccncc1.C=Cc1ccncc1.CC#N. The molecule has 0 aliphatic carbocycles. The number of aromatic nitrogens is 3. The predicted octanol–water partition coefficient (Wildman–Crippen LogP) is 10.3. The topological polar surface area (TPSA) is 62.5 Å². The van der Waals surface area contributed by atoms with Crippen molar-refractivity contribution in [2.75, 3.05) is 0 Å². The molecule has 0 aliphatic heterocycles. The Balaban J connectivity index is 0.000000252. The molecule has 0 fully saturated rings. The van der Waals surface area contributed by atoms with Crippen molar-refractivity contribution in [2.45, 2.75) is 6.92 Å². The molecule has 6 heteroatoms. The summed E-state index contributed by atoms with van der Waals surface area (Å²) in [4.78, 5) is 11.9. The van der Waals surface area contributed by atoms with E-state index < -0.39 is 0 Å². The van der Waals surface area contributed by atoms with Gasteiger partial charge in [-0.15, -0.1) is 0 Å². The van der Waals surface area contributed by atoms with Crippen LogP contribution in [0.1, 0.15) is 34.7 Å². The van der Waals surface area contributed by atoms with Crippen LogP contribution in [-0.4, -0.2) is 15.0 Å². The number of nitriles is 1. The maximum atomic E-state index is 7.32. The fourth-order valence-corrected chi connectivity index (χ4v) is 4.17. The standard InChI is InChI=1S/C20H16N2.C7H7N.C6H4Br2.C2H3N/c1-2-19(6-4-17-8-12-21-13-9-17)16-20(3-1)7-5-18-10-14-22-15-11-18;1-2-7-3-5-8-6-4-7;7-5-2-1-3-6(8)4-5;1-2-3/h1-16H;2-6H,1H2;1-4H;1H3/b6-4+,7-5+;;;. The number of nitrogens with zero attached hydrogens (tertiary/aromatic N) is 4. The van der Waals surface area contributed by atoms with Crippen LogP contribution >= 0.6 is 31.9 Å². The molecule has 0 bridgehead atoms. The summed E-state index contributed by atoms with van der Waals surface area (Å²) in [5, 5.41) is 7.32. The average Bonchev–Trinajstić information content (AvgIpc) is 3.02. The van der Waals surface area contributed by atoms with E-state index in [-0.39, 0.29) is 0 Å². The predicted molar refractivity (Wildman–Crippen MR) is 180 cm³/mol. The first kappa shape index (κ1) is 32.8. The maximum Gasteiger partial charge on any atom is 0.0587 e. The molecule has 0 aliphatic rings. The van der Waals surface area contributed by atoms with Crippen molar-refractivity contribution < 1.29 is 0 Å². The molecule has 5 rings (SSSR count). The van der Waals surface area contributed by atoms with Crippen LogP contribution in [0.5, 0.6) is 0 Å². The third kappa shape index (κ3) is 15.1. The summed E-state index contributed by atoms with van der Waals surface area (Å²) in [7, 11) is 0. The van der Waals surface area contributed by atoms with Crippen LogP contribution in [0.2, 0.25) is 0 Å². The van der Waals surface area contributed by atoms with Crippen LogP contribution in [0.3, 0.4) is 0 Å². The monoisotopic (exact) mass is 664 g/mol. The molecule has 0 radical (unpaired) electrons. The number of halogens is 2. The highest BCUT2D eigenvalue weighted by molar-refractivity contribution is 9.11. The summed E-state index contributed by atoms with van der Waals surface area (Å²) >= 11 is 6.66. The second-order valence-electron chi connectivity index (χ2n) is 8.05. The Morgan fingerprint density at radius 1 is 0.561 bits per heavy atom. The van der Waals surface area contributed by atoms with Crippen molar-refractivity contribution in [3.8, 4) is 6.07 Å². The summed E-state index contributed by atoms with van der Waals surface area (Å²) < 4.78 is 2.21. The molecular formula is C35H30Br2N4. The zero-order valence-electron chi connectivity index (χ0n) is 22.7. The van der Waals surface area contributed by atoms with Gasteiger partial charge in [0.25, 0.3) is 0 Å². The van der Waals surface area contributed by atoms with E-state index in [2.05, 4.69) is 102 Å². The molecule has 3 heterocycles. The molecule has 0 unspecified atom stereocenters. The van der Waals surface area contributed by atoms with E-state index in [1.165, 1.54) is 18.1 Å². The minimum atomic E-state index is 1.10. The molecule has 2 aromatic carbocycles. The van der Waals surface area contributed by atoms with Crippen LogP contribution in [0.15, 0.2) is 138 Å². The van der Waals surface area contributed by atoms with E-state index in [1.807, 2.05) is 60.7 Å². The smallest absolute Gasteiger partial charge is 0.0587 e. The summed E-state index contributed by atoms with van der Waals surface area (Å²) in [6, 6.07) is 29.9. The van der Waals surface area contributed by atoms with Crippen LogP contribution in [-0.2, 0) is 0 Å². The third-order valence-corrected chi connectivity index (χ3v) is 5.97. The lowest BCUT2D eigenvalue weighted by Crippen LogP contribution is -1.77. The first-order valence-electron chi connectivity index (χ1n) is 12.5. The van der Waals surface area contributed by atoms with Gasteiger partial charge in [-0.1, -0.05) is 93.1 Å². The fraction of sp³-hybridized carbons (Fsp3) is 0.0286. The molecule has 0 atom stereocenters. The first-order valence-corrected chi connectivity index (χ1v) is 14.1. The molecule has 0 saturated heterocycles. The average molecular weight is 666 g/mol. The van der Waals surface area contributed by atoms with Gasteiger partial charge in [-0.3, -0.25) is 15.0 Å². The second-order valence-corrected chi connectivity index (χ2v) is 9.88. The van der Waals surface area contributed by atoms with Crippen molar-refractivity contribution >= 4 is 62.2 Å². The lowest BCUT2D eigenvalue weighted by molar-refractivity contribution is 1.32. The number of rotatable bonds is 5. The van der Waals surface area contributed by atoms with Gasteiger partial charge in [-0.25, -0.2) is 0 Å². The highest BCUT2D eigenvalue weighted by atomic mass is 79.9. The molecule has 0 N–H and O–H groups in total. The fourth-order valence-electron chi connectivity index (χ4n) is 3.06. The summed E-state index contributed by atoms with van der Waals surface area (Å²) in [5.41, 5.74) is 5.75. The van der Waals surface area contributed by atoms with Crippen LogP contribution in [0, 0.1) is 11.3 Å². The largest absolute Gasteiger partial charge is 0.265 e. The molecule has 3 aromatic heterocycles. The first-order chi connectivity index (χ1) is 20.0. The molecule has 41 heavy (non-hydrogen) atoms. The Labute approximate surface area is 259 Å². The van der Waals surface area contributed by atoms with Gasteiger partial charge in [0.15, 0.2) is 0 Å². The summed E-state index contributed by atoms with van der Waals surface area (Å²) in [6.45, 7) is 5.03. The maximum absolute atomic E-state index is 7.32. The number of pyridine rings is 3. The lowest BCUT2D eigenvalue weighted by atomic mass is 10.1. The third-order valence-electron chi connectivity index (χ3n) is 4.99. The van der Waals surface area contributed by atoms with Crippen molar-refractivity contribution in [2.24, 2.45) is 0 Å². The molecule has 204 valence electrons. The Hall–Kier alpha value is -4.44. The van der Waals surface area contributed by atoms with E-state index in [1.54, 1.807) is 49.3 Å². The van der Waals surface area contributed by atoms with Crippen molar-refractivity contribution in [1.82, 2.24) is 15.0 Å². The molecular weight excluding hydrogens is 636 g/mol. The Kier molecular flexibility index (Phi) is 16.4. The molecule has 0 saturated carbocycles. The minimum Gasteiger partial charge on any atom is -0.265 e. The molecule has 0 amide bonds. The zero-order valence-corrected chi connectivity index (χ0v) is 25.9. The van der Waals surface area contributed by atoms with Crippen LogP contribution in [0.25, 0.3) is 30.4 Å². The zero-order chi connectivity index (χ0) is 29.5. The van der Waals surface area contributed by atoms with Gasteiger partial charge in [0.05, 0.1) is 6.07 Å². The van der Waals surface area contributed by atoms with E-state index >= 15 is 0 Å². The number of benzene rings is 2. The van der Waals surface area contributed by atoms with Gasteiger partial charge in [-0.05, 0) is 88.5 Å². The number of hydrogen-bond acceptors (Lipinski definition) is 4. The van der Waals surface area contributed by atoms with Crippen molar-refractivity contribution in [3.05, 3.63) is 165 Å². The summed E-state index contributed by atoms with van der Waals surface area (Å²) in [5.74, 6) is 0. The van der Waals surface area contributed by atoms with Gasteiger partial charge in [0.1, 0.15) is 0 Å². The minimum absolute atomic E-state index is 1.10. The second kappa shape index (κ2) is 20.5. The number of hydrogen-bond donors (Lipinski definition) is 0. The van der Waals surface area contributed by atoms with E-state index in [0.29, 0.717) is 0 Å². The quantitative estimate of drug-likeness (QED) is 0.187. The molecule has 0 spiro atoms. The van der Waals surface area contributed by atoms with Crippen molar-refractivity contribution in [1.29, 1.82) is 5.26 Å². The lowest BCUT2D eigenvalue weighted by Gasteiger charge is -1.98. The van der Waals surface area contributed by atoms with Gasteiger partial charge < -0.3 is 0 Å². The van der Waals surface area contributed by atoms with Gasteiger partial charge in [0, 0.05) is 53.1 Å². The normalized spacial score (nSPS) is 9.71. The van der Waals surface area contributed by atoms with E-state index in [9.17, 15) is 0 Å². The van der Waals surface area contributed by atoms with E-state index in [0.717, 1.165) is 25.6 Å². The van der Waals surface area contributed by atoms with Gasteiger partial charge in [0.2, 0.25) is 0 Å². The Bertz CT molecular complexity index is 1450. The highest BCUT2D eigenvalue weighted by Crippen LogP contribution is 2.15. The molecule has 5 aromatic rings. The van der Waals surface area contributed by atoms with Crippen LogP contribution in [0.4, 0.5) is 0 Å². The van der Waals surface area contributed by atoms with Crippen LogP contribution < -0.4 is 0 Å². The van der Waals surface area contributed by atoms with Gasteiger partial charge >= 0.3 is 0 Å². The van der Waals surface area contributed by atoms with Crippen molar-refractivity contribution in [3.63, 3.8) is 0 Å². The Morgan fingerprint density at radius 3 is 1.22 bits per heavy atom.